The first-order valence-electron chi connectivity index (χ1n) is 6.37. The molecule has 4 atom stereocenters. The molecule has 1 aromatic rings. The van der Waals surface area contributed by atoms with Crippen molar-refractivity contribution in [2.24, 2.45) is 0 Å². The van der Waals surface area contributed by atoms with Gasteiger partial charge >= 0.3 is 5.69 Å². The maximum absolute atomic E-state index is 11.9. The highest BCUT2D eigenvalue weighted by Gasteiger charge is 2.56. The minimum absolute atomic E-state index is 0.0723. The summed E-state index contributed by atoms with van der Waals surface area (Å²) in [6, 6.07) is 0. The number of fused-ring (bicyclic) bond motifs is 2. The van der Waals surface area contributed by atoms with E-state index in [9.17, 15) is 19.8 Å². The lowest BCUT2D eigenvalue weighted by atomic mass is 9.92. The molecule has 2 aliphatic heterocycles. The molecule has 0 saturated carbocycles. The summed E-state index contributed by atoms with van der Waals surface area (Å²) in [6.07, 6.45) is -0.438. The van der Waals surface area contributed by atoms with Crippen LogP contribution in [0.4, 0.5) is 0 Å². The summed E-state index contributed by atoms with van der Waals surface area (Å²) in [6.45, 7) is 1.25. The fourth-order valence-corrected chi connectivity index (χ4v) is 2.73. The fraction of sp³-hybridized carbons (Fsp3) is 0.667. The Bertz CT molecular complexity index is 638. The van der Waals surface area contributed by atoms with Gasteiger partial charge in [-0.2, -0.15) is 0 Å². The molecule has 2 saturated heterocycles. The van der Waals surface area contributed by atoms with Gasteiger partial charge < -0.3 is 19.7 Å². The molecule has 2 fully saturated rings. The van der Waals surface area contributed by atoms with Crippen molar-refractivity contribution in [3.63, 3.8) is 0 Å². The van der Waals surface area contributed by atoms with Crippen LogP contribution in [0.3, 0.4) is 0 Å². The van der Waals surface area contributed by atoms with Gasteiger partial charge in [-0.25, -0.2) is 4.79 Å². The topological polar surface area (TPSA) is 114 Å². The van der Waals surface area contributed by atoms with Gasteiger partial charge in [0.25, 0.3) is 5.56 Å². The molecule has 3 heterocycles. The zero-order valence-electron chi connectivity index (χ0n) is 10.9. The Morgan fingerprint density at radius 3 is 3.00 bits per heavy atom. The van der Waals surface area contributed by atoms with Crippen molar-refractivity contribution in [1.82, 2.24) is 9.55 Å². The van der Waals surface area contributed by atoms with Crippen LogP contribution in [0.25, 0.3) is 0 Å². The molecule has 8 nitrogen and oxygen atoms in total. The van der Waals surface area contributed by atoms with Gasteiger partial charge in [0, 0.05) is 18.2 Å². The van der Waals surface area contributed by atoms with Crippen molar-refractivity contribution < 1.29 is 19.7 Å². The highest BCUT2D eigenvalue weighted by atomic mass is 16.6. The lowest BCUT2D eigenvalue weighted by Gasteiger charge is -2.39. The van der Waals surface area contributed by atoms with E-state index in [1.807, 2.05) is 0 Å². The summed E-state index contributed by atoms with van der Waals surface area (Å²) < 4.78 is 12.4. The molecule has 8 heteroatoms. The van der Waals surface area contributed by atoms with E-state index in [2.05, 4.69) is 4.98 Å². The van der Waals surface area contributed by atoms with E-state index in [-0.39, 0.29) is 13.0 Å². The second-order valence-corrected chi connectivity index (χ2v) is 5.30. The Kier molecular flexibility index (Phi) is 3.05. The Balaban J connectivity index is 1.99. The Morgan fingerprint density at radius 1 is 1.55 bits per heavy atom. The van der Waals surface area contributed by atoms with Crippen LogP contribution in [-0.4, -0.2) is 50.8 Å². The lowest BCUT2D eigenvalue weighted by molar-refractivity contribution is -0.208. The maximum atomic E-state index is 11.9. The molecule has 2 bridgehead atoms. The zero-order chi connectivity index (χ0) is 14.5. The number of aliphatic hydroxyl groups is 2. The Hall–Kier alpha value is -1.48. The van der Waals surface area contributed by atoms with Crippen LogP contribution in [-0.2, 0) is 9.47 Å². The van der Waals surface area contributed by atoms with E-state index in [0.717, 1.165) is 0 Å². The van der Waals surface area contributed by atoms with Gasteiger partial charge in [-0.1, -0.05) is 0 Å². The molecule has 0 amide bonds. The van der Waals surface area contributed by atoms with Gasteiger partial charge in [-0.3, -0.25) is 14.3 Å². The van der Waals surface area contributed by atoms with Crippen molar-refractivity contribution in [3.8, 4) is 0 Å². The first-order valence-corrected chi connectivity index (χ1v) is 6.37. The number of nitrogens with zero attached hydrogens (tertiary/aromatic N) is 1. The largest absolute Gasteiger partial charge is 0.393 e. The molecule has 1 aromatic heterocycles. The van der Waals surface area contributed by atoms with Crippen LogP contribution >= 0.6 is 0 Å². The van der Waals surface area contributed by atoms with Crippen LogP contribution in [0, 0.1) is 6.92 Å². The molecule has 1 unspecified atom stereocenters. The average molecular weight is 284 g/mol. The predicted molar refractivity (Wildman–Crippen MR) is 66.4 cm³/mol. The third-order valence-corrected chi connectivity index (χ3v) is 3.96. The van der Waals surface area contributed by atoms with E-state index in [0.29, 0.717) is 5.56 Å². The number of aromatic nitrogens is 2. The Morgan fingerprint density at radius 2 is 2.30 bits per heavy atom. The number of rotatable bonds is 2. The molecule has 0 aliphatic carbocycles. The summed E-state index contributed by atoms with van der Waals surface area (Å²) in [5, 5.41) is 19.5. The third-order valence-electron chi connectivity index (χ3n) is 3.96. The van der Waals surface area contributed by atoms with Gasteiger partial charge in [0.15, 0.2) is 0 Å². The second kappa shape index (κ2) is 4.52. The highest BCUT2D eigenvalue weighted by molar-refractivity contribution is 5.05. The molecule has 0 radical (unpaired) electrons. The molecule has 3 N–H and O–H groups in total. The van der Waals surface area contributed by atoms with E-state index in [1.165, 1.54) is 10.8 Å². The minimum atomic E-state index is -1.21. The number of nitrogens with one attached hydrogen (secondary N) is 1. The predicted octanol–water partition coefficient (Wildman–Crippen LogP) is -1.75. The standard InChI is InChI=1S/C12H16N2O6/c1-6-3-14(11(18)13-10(6)17)8-2-7-9(16)12(4-15,20-8)5-19-7/h3,7-9,15-16H,2,4-5H2,1H3,(H,13,17,18)/t7?,8-,9+,12+/m1/s1. The van der Waals surface area contributed by atoms with Gasteiger partial charge in [0.2, 0.25) is 0 Å². The second-order valence-electron chi connectivity index (χ2n) is 5.30. The zero-order valence-corrected chi connectivity index (χ0v) is 10.9. The minimum Gasteiger partial charge on any atom is -0.393 e. The van der Waals surface area contributed by atoms with Crippen LogP contribution in [0.5, 0.6) is 0 Å². The number of aliphatic hydroxyl groups excluding tert-OH is 2. The van der Waals surface area contributed by atoms with Crippen molar-refractivity contribution >= 4 is 0 Å². The van der Waals surface area contributed by atoms with Crippen molar-refractivity contribution in [1.29, 1.82) is 0 Å². The molecule has 3 rings (SSSR count). The molecule has 110 valence electrons. The normalized spacial score (nSPS) is 36.2. The molecule has 2 aliphatic rings. The van der Waals surface area contributed by atoms with E-state index in [1.54, 1.807) is 6.92 Å². The first-order chi connectivity index (χ1) is 9.47. The van der Waals surface area contributed by atoms with Crippen LogP contribution in [0.2, 0.25) is 0 Å². The smallest absolute Gasteiger partial charge is 0.330 e. The fourth-order valence-electron chi connectivity index (χ4n) is 2.73. The summed E-state index contributed by atoms with van der Waals surface area (Å²) in [5.41, 5.74) is -1.87. The molecule has 0 spiro atoms. The SMILES string of the molecule is Cc1cn([C@H]2CC3OC[C@](CO)(O2)[C@H]3O)c(=O)[nH]c1=O. The quantitative estimate of drug-likeness (QED) is 0.594. The first kappa shape index (κ1) is 13.5. The summed E-state index contributed by atoms with van der Waals surface area (Å²) in [7, 11) is 0. The maximum Gasteiger partial charge on any atom is 0.330 e. The van der Waals surface area contributed by atoms with E-state index < -0.39 is 41.9 Å². The summed E-state index contributed by atoms with van der Waals surface area (Å²) in [4.78, 5) is 25.4. The number of aromatic amines is 1. The Labute approximate surface area is 113 Å². The lowest BCUT2D eigenvalue weighted by Crippen LogP contribution is -2.55. The van der Waals surface area contributed by atoms with E-state index in [4.69, 9.17) is 9.47 Å². The van der Waals surface area contributed by atoms with Crippen molar-refractivity contribution in [2.45, 2.75) is 37.4 Å². The van der Waals surface area contributed by atoms with Crippen LogP contribution in [0.15, 0.2) is 15.8 Å². The highest BCUT2D eigenvalue weighted by Crippen LogP contribution is 2.40. The average Bonchev–Trinajstić information content (AvgIpc) is 2.63. The number of hydrogen-bond acceptors (Lipinski definition) is 6. The third kappa shape index (κ3) is 1.84. The van der Waals surface area contributed by atoms with Crippen LogP contribution in [0.1, 0.15) is 18.2 Å². The van der Waals surface area contributed by atoms with Crippen molar-refractivity contribution in [2.75, 3.05) is 13.2 Å². The number of ether oxygens (including phenoxy) is 2. The summed E-state index contributed by atoms with van der Waals surface area (Å²) in [5.74, 6) is 0. The monoisotopic (exact) mass is 284 g/mol. The molecule has 20 heavy (non-hydrogen) atoms. The van der Waals surface area contributed by atoms with Gasteiger partial charge in [0.1, 0.15) is 17.9 Å². The molecule has 0 aromatic carbocycles. The number of hydrogen-bond donors (Lipinski definition) is 3. The molecular formula is C12H16N2O6. The van der Waals surface area contributed by atoms with Crippen molar-refractivity contribution in [3.05, 3.63) is 32.6 Å². The number of H-pyrrole nitrogens is 1. The number of aryl methyl sites for hydroxylation is 1. The van der Waals surface area contributed by atoms with Crippen LogP contribution < -0.4 is 11.2 Å². The van der Waals surface area contributed by atoms with Gasteiger partial charge in [-0.05, 0) is 6.92 Å². The molecular weight excluding hydrogens is 268 g/mol. The van der Waals surface area contributed by atoms with Gasteiger partial charge in [-0.15, -0.1) is 0 Å². The summed E-state index contributed by atoms with van der Waals surface area (Å²) >= 11 is 0. The van der Waals surface area contributed by atoms with Gasteiger partial charge in [0.05, 0.1) is 19.3 Å². The van der Waals surface area contributed by atoms with E-state index >= 15 is 0 Å².